The molecule has 0 aromatic carbocycles. The average molecular weight is 306 g/mol. The van der Waals surface area contributed by atoms with Gasteiger partial charge in [-0.15, -0.1) is 11.3 Å². The molecule has 0 radical (unpaired) electrons. The number of hydrogen-bond acceptors (Lipinski definition) is 5. The van der Waals surface area contributed by atoms with Gasteiger partial charge in [0.15, 0.2) is 0 Å². The molecular weight excluding hydrogens is 284 g/mol. The van der Waals surface area contributed by atoms with E-state index in [1.807, 2.05) is 29.9 Å². The predicted octanol–water partition coefficient (Wildman–Crippen LogP) is 1.90. The summed E-state index contributed by atoms with van der Waals surface area (Å²) in [4.78, 5) is 8.30. The fraction of sp³-hybridized carbons (Fsp3) is 0.600. The summed E-state index contributed by atoms with van der Waals surface area (Å²) in [6, 6.07) is 4.34. The van der Waals surface area contributed by atoms with E-state index in [1.54, 1.807) is 0 Å². The number of hydrogen-bond donors (Lipinski definition) is 0. The average Bonchev–Trinajstić information content (AvgIpc) is 3.07. The summed E-state index contributed by atoms with van der Waals surface area (Å²) in [6.07, 6.45) is 1.34. The second-order valence-electron chi connectivity index (χ2n) is 5.51. The van der Waals surface area contributed by atoms with E-state index in [9.17, 15) is 0 Å². The summed E-state index contributed by atoms with van der Waals surface area (Å²) in [5.41, 5.74) is 0. The fourth-order valence-electron chi connectivity index (χ4n) is 2.74. The highest BCUT2D eigenvalue weighted by atomic mass is 32.1. The van der Waals surface area contributed by atoms with Crippen molar-refractivity contribution in [2.45, 2.75) is 32.9 Å². The molecule has 114 valence electrons. The van der Waals surface area contributed by atoms with Crippen LogP contribution in [0.3, 0.4) is 0 Å². The molecule has 1 saturated heterocycles. The molecule has 3 rings (SSSR count). The minimum absolute atomic E-state index is 0.210. The van der Waals surface area contributed by atoms with E-state index in [4.69, 9.17) is 4.74 Å². The van der Waals surface area contributed by atoms with Crippen molar-refractivity contribution in [3.63, 3.8) is 0 Å². The molecule has 0 aliphatic carbocycles. The summed E-state index contributed by atoms with van der Waals surface area (Å²) in [5, 5.41) is 6.57. The molecule has 0 saturated carbocycles. The largest absolute Gasteiger partial charge is 0.374 e. The molecule has 1 atom stereocenters. The van der Waals surface area contributed by atoms with Gasteiger partial charge in [-0.1, -0.05) is 6.07 Å². The Kier molecular flexibility index (Phi) is 4.67. The van der Waals surface area contributed by atoms with Crippen LogP contribution in [0.4, 0.5) is 0 Å². The zero-order valence-electron chi connectivity index (χ0n) is 12.7. The molecule has 2 aromatic heterocycles. The quantitative estimate of drug-likeness (QED) is 0.846. The van der Waals surface area contributed by atoms with Gasteiger partial charge in [-0.2, -0.15) is 5.10 Å². The van der Waals surface area contributed by atoms with Crippen molar-refractivity contribution in [3.8, 4) is 0 Å². The first-order valence-electron chi connectivity index (χ1n) is 7.45. The SMILES string of the molecule is Cc1nc(C)n(C[C@@H]2CN(CCc3cccs3)CCO2)n1. The van der Waals surface area contributed by atoms with Crippen molar-refractivity contribution in [3.05, 3.63) is 34.0 Å². The van der Waals surface area contributed by atoms with Crippen molar-refractivity contribution in [2.75, 3.05) is 26.2 Å². The zero-order valence-corrected chi connectivity index (χ0v) is 13.5. The Labute approximate surface area is 129 Å². The van der Waals surface area contributed by atoms with Crippen LogP contribution >= 0.6 is 11.3 Å². The lowest BCUT2D eigenvalue weighted by Gasteiger charge is -2.32. The van der Waals surface area contributed by atoms with E-state index >= 15 is 0 Å². The highest BCUT2D eigenvalue weighted by molar-refractivity contribution is 7.09. The molecule has 3 heterocycles. The molecular formula is C15H22N4OS. The highest BCUT2D eigenvalue weighted by Crippen LogP contribution is 2.13. The van der Waals surface area contributed by atoms with Gasteiger partial charge in [0.25, 0.3) is 0 Å². The zero-order chi connectivity index (χ0) is 14.7. The van der Waals surface area contributed by atoms with Gasteiger partial charge < -0.3 is 4.74 Å². The smallest absolute Gasteiger partial charge is 0.147 e. The lowest BCUT2D eigenvalue weighted by atomic mass is 10.2. The first kappa shape index (κ1) is 14.7. The van der Waals surface area contributed by atoms with Crippen LogP contribution in [-0.4, -0.2) is 52.0 Å². The number of morpholine rings is 1. The molecule has 1 aliphatic rings. The number of thiophene rings is 1. The molecule has 0 amide bonds. The summed E-state index contributed by atoms with van der Waals surface area (Å²) in [7, 11) is 0. The predicted molar refractivity (Wildman–Crippen MR) is 83.7 cm³/mol. The molecule has 0 bridgehead atoms. The maximum atomic E-state index is 5.89. The molecule has 21 heavy (non-hydrogen) atoms. The van der Waals surface area contributed by atoms with Crippen LogP contribution in [0.1, 0.15) is 16.5 Å². The third kappa shape index (κ3) is 3.90. The summed E-state index contributed by atoms with van der Waals surface area (Å²) >= 11 is 1.84. The summed E-state index contributed by atoms with van der Waals surface area (Å²) in [5.74, 6) is 1.80. The summed E-state index contributed by atoms with van der Waals surface area (Å²) in [6.45, 7) is 8.64. The normalized spacial score (nSPS) is 20.0. The molecule has 1 fully saturated rings. The molecule has 1 aliphatic heterocycles. The molecule has 0 spiro atoms. The minimum atomic E-state index is 0.210. The van der Waals surface area contributed by atoms with Gasteiger partial charge >= 0.3 is 0 Å². The van der Waals surface area contributed by atoms with Crippen LogP contribution in [0.5, 0.6) is 0 Å². The molecule has 2 aromatic rings. The Bertz CT molecular complexity index is 566. The van der Waals surface area contributed by atoms with Gasteiger partial charge in [0.1, 0.15) is 11.6 Å². The molecule has 0 unspecified atom stereocenters. The lowest BCUT2D eigenvalue weighted by Crippen LogP contribution is -2.45. The molecule has 0 N–H and O–H groups in total. The number of aromatic nitrogens is 3. The molecule has 5 nitrogen and oxygen atoms in total. The van der Waals surface area contributed by atoms with Gasteiger partial charge in [-0.3, -0.25) is 4.90 Å². The maximum absolute atomic E-state index is 5.89. The van der Waals surface area contributed by atoms with E-state index in [1.165, 1.54) is 4.88 Å². The van der Waals surface area contributed by atoms with Gasteiger partial charge in [-0.25, -0.2) is 9.67 Å². The molecule has 6 heteroatoms. The first-order chi connectivity index (χ1) is 10.2. The van der Waals surface area contributed by atoms with Crippen molar-refractivity contribution >= 4 is 11.3 Å². The van der Waals surface area contributed by atoms with Crippen LogP contribution in [0.15, 0.2) is 17.5 Å². The summed E-state index contributed by atoms with van der Waals surface area (Å²) < 4.78 is 7.85. The number of aryl methyl sites for hydroxylation is 2. The van der Waals surface area contributed by atoms with E-state index < -0.39 is 0 Å². The Morgan fingerprint density at radius 2 is 2.33 bits per heavy atom. The van der Waals surface area contributed by atoms with Crippen molar-refractivity contribution in [1.82, 2.24) is 19.7 Å². The lowest BCUT2D eigenvalue weighted by molar-refractivity contribution is -0.0373. The van der Waals surface area contributed by atoms with E-state index in [0.717, 1.165) is 50.9 Å². The van der Waals surface area contributed by atoms with Crippen molar-refractivity contribution < 1.29 is 4.74 Å². The van der Waals surface area contributed by atoms with Gasteiger partial charge in [-0.05, 0) is 31.7 Å². The third-order valence-corrected chi connectivity index (χ3v) is 4.75. The third-order valence-electron chi connectivity index (χ3n) is 3.82. The van der Waals surface area contributed by atoms with Gasteiger partial charge in [0, 0.05) is 24.5 Å². The number of rotatable bonds is 5. The van der Waals surface area contributed by atoms with Gasteiger partial charge in [0.2, 0.25) is 0 Å². The fourth-order valence-corrected chi connectivity index (χ4v) is 3.44. The highest BCUT2D eigenvalue weighted by Gasteiger charge is 2.21. The van der Waals surface area contributed by atoms with E-state index in [2.05, 4.69) is 32.5 Å². The monoisotopic (exact) mass is 306 g/mol. The second kappa shape index (κ2) is 6.68. The van der Waals surface area contributed by atoms with Crippen LogP contribution < -0.4 is 0 Å². The Morgan fingerprint density at radius 1 is 1.43 bits per heavy atom. The second-order valence-corrected chi connectivity index (χ2v) is 6.54. The van der Waals surface area contributed by atoms with Gasteiger partial charge in [0.05, 0.1) is 19.3 Å². The van der Waals surface area contributed by atoms with E-state index in [-0.39, 0.29) is 6.10 Å². The number of ether oxygens (including phenoxy) is 1. The number of nitrogens with zero attached hydrogens (tertiary/aromatic N) is 4. The minimum Gasteiger partial charge on any atom is -0.374 e. The standard InChI is InChI=1S/C15H22N4OS/c1-12-16-13(2)19(17-12)11-14-10-18(7-8-20-14)6-5-15-4-3-9-21-15/h3-4,9,14H,5-8,10-11H2,1-2H3/t14-/m0/s1. The van der Waals surface area contributed by atoms with Crippen molar-refractivity contribution in [1.29, 1.82) is 0 Å². The van der Waals surface area contributed by atoms with Crippen LogP contribution in [0.2, 0.25) is 0 Å². The topological polar surface area (TPSA) is 43.2 Å². The van der Waals surface area contributed by atoms with E-state index in [0.29, 0.717) is 0 Å². The van der Waals surface area contributed by atoms with Crippen LogP contribution in [0.25, 0.3) is 0 Å². The van der Waals surface area contributed by atoms with Crippen molar-refractivity contribution in [2.24, 2.45) is 0 Å². The first-order valence-corrected chi connectivity index (χ1v) is 8.33. The Morgan fingerprint density at radius 3 is 3.05 bits per heavy atom. The Hall–Kier alpha value is -1.24. The van der Waals surface area contributed by atoms with Crippen LogP contribution in [0, 0.1) is 13.8 Å². The maximum Gasteiger partial charge on any atom is 0.147 e. The Balaban J connectivity index is 1.52. The van der Waals surface area contributed by atoms with Crippen LogP contribution in [-0.2, 0) is 17.7 Å².